The number of aliphatic imine (C=N–C) groups is 1. The van der Waals surface area contributed by atoms with Crippen LogP contribution in [0.1, 0.15) is 0 Å². The van der Waals surface area contributed by atoms with Crippen molar-refractivity contribution in [3.8, 4) is 5.75 Å². The lowest BCUT2D eigenvalue weighted by atomic mass is 10.3. The van der Waals surface area contributed by atoms with Crippen LogP contribution in [-0.2, 0) is 4.74 Å². The summed E-state index contributed by atoms with van der Waals surface area (Å²) in [6, 6.07) is 10.3. The average Bonchev–Trinajstić information content (AvgIpc) is 2.50. The smallest absolute Gasteiger partial charge is 0.394 e. The molecule has 2 aromatic rings. The van der Waals surface area contributed by atoms with E-state index in [9.17, 15) is 10.1 Å². The molecule has 114 valence electrons. The number of nitro benzene ring substituents is 1. The highest BCUT2D eigenvalue weighted by Gasteiger charge is 2.09. The highest BCUT2D eigenvalue weighted by molar-refractivity contribution is 6.35. The van der Waals surface area contributed by atoms with E-state index in [0.717, 1.165) is 0 Å². The van der Waals surface area contributed by atoms with E-state index in [1.165, 1.54) is 31.4 Å². The maximum Gasteiger partial charge on any atom is 0.394 e. The third-order valence-corrected chi connectivity index (χ3v) is 3.10. The normalized spacial score (nSPS) is 11.1. The van der Waals surface area contributed by atoms with Gasteiger partial charge in [0.15, 0.2) is 0 Å². The van der Waals surface area contributed by atoms with Crippen molar-refractivity contribution < 1.29 is 14.4 Å². The minimum atomic E-state index is -0.499. The molecule has 0 saturated heterocycles. The Bertz CT molecular complexity index is 717. The van der Waals surface area contributed by atoms with Crippen molar-refractivity contribution >= 4 is 40.7 Å². The number of hydrogen-bond donors (Lipinski definition) is 0. The second-order valence-electron chi connectivity index (χ2n) is 4.03. The number of benzene rings is 2. The van der Waals surface area contributed by atoms with Crippen LogP contribution in [0.2, 0.25) is 10.0 Å². The van der Waals surface area contributed by atoms with Gasteiger partial charge in [0.25, 0.3) is 5.69 Å². The molecule has 0 amide bonds. The van der Waals surface area contributed by atoms with Gasteiger partial charge >= 0.3 is 6.08 Å². The number of non-ortho nitro benzene ring substituents is 1. The highest BCUT2D eigenvalue weighted by atomic mass is 35.5. The van der Waals surface area contributed by atoms with Crippen molar-refractivity contribution in [3.05, 3.63) is 62.6 Å². The quantitative estimate of drug-likeness (QED) is 0.353. The van der Waals surface area contributed by atoms with Crippen LogP contribution in [0.4, 0.5) is 11.4 Å². The molecule has 0 radical (unpaired) electrons. The topological polar surface area (TPSA) is 74.0 Å². The van der Waals surface area contributed by atoms with E-state index in [1.54, 1.807) is 18.2 Å². The van der Waals surface area contributed by atoms with Crippen LogP contribution in [0, 0.1) is 10.1 Å². The summed E-state index contributed by atoms with van der Waals surface area (Å²) in [6.45, 7) is 0. The van der Waals surface area contributed by atoms with Crippen molar-refractivity contribution in [2.45, 2.75) is 0 Å². The number of halogens is 2. The minimum Gasteiger partial charge on any atom is -0.453 e. The van der Waals surface area contributed by atoms with Crippen molar-refractivity contribution in [2.24, 2.45) is 4.99 Å². The second-order valence-corrected chi connectivity index (χ2v) is 4.87. The summed E-state index contributed by atoms with van der Waals surface area (Å²) in [7, 11) is 1.38. The molecule has 0 aliphatic heterocycles. The van der Waals surface area contributed by atoms with E-state index in [-0.39, 0.29) is 11.8 Å². The molecule has 0 bridgehead atoms. The summed E-state index contributed by atoms with van der Waals surface area (Å²) in [5, 5.41) is 11.4. The summed E-state index contributed by atoms with van der Waals surface area (Å²) in [5.41, 5.74) is 0.342. The largest absolute Gasteiger partial charge is 0.453 e. The fourth-order valence-corrected chi connectivity index (χ4v) is 1.84. The van der Waals surface area contributed by atoms with Crippen LogP contribution in [0.3, 0.4) is 0 Å². The molecule has 8 heteroatoms. The first-order chi connectivity index (χ1) is 10.5. The molecule has 0 aromatic heterocycles. The zero-order chi connectivity index (χ0) is 16.1. The third kappa shape index (κ3) is 4.09. The number of ether oxygens (including phenoxy) is 2. The maximum atomic E-state index is 10.6. The first-order valence-corrected chi connectivity index (χ1v) is 6.75. The zero-order valence-corrected chi connectivity index (χ0v) is 12.8. The predicted octanol–water partition coefficient (Wildman–Crippen LogP) is 4.61. The predicted molar refractivity (Wildman–Crippen MR) is 84.3 cm³/mol. The Balaban J connectivity index is 2.23. The summed E-state index contributed by atoms with van der Waals surface area (Å²) in [5.74, 6) is 0.337. The molecule has 0 aliphatic rings. The zero-order valence-electron chi connectivity index (χ0n) is 11.3. The summed E-state index contributed by atoms with van der Waals surface area (Å²) < 4.78 is 10.4. The van der Waals surface area contributed by atoms with E-state index in [0.29, 0.717) is 21.5 Å². The molecule has 0 heterocycles. The van der Waals surface area contributed by atoms with Gasteiger partial charge in [0, 0.05) is 17.2 Å². The van der Waals surface area contributed by atoms with Crippen LogP contribution >= 0.6 is 23.2 Å². The number of methoxy groups -OCH3 is 1. The number of nitrogens with zero attached hydrogens (tertiary/aromatic N) is 2. The maximum absolute atomic E-state index is 10.6. The van der Waals surface area contributed by atoms with Gasteiger partial charge in [-0.15, -0.1) is 0 Å². The monoisotopic (exact) mass is 340 g/mol. The Kier molecular flexibility index (Phi) is 5.19. The first-order valence-electron chi connectivity index (χ1n) is 5.99. The van der Waals surface area contributed by atoms with Gasteiger partial charge in [0.05, 0.1) is 22.7 Å². The molecular weight excluding hydrogens is 331 g/mol. The number of nitro groups is 1. The van der Waals surface area contributed by atoms with Gasteiger partial charge in [-0.3, -0.25) is 10.1 Å². The molecule has 0 aliphatic carbocycles. The van der Waals surface area contributed by atoms with Gasteiger partial charge in [-0.1, -0.05) is 23.2 Å². The van der Waals surface area contributed by atoms with E-state index in [4.69, 9.17) is 32.7 Å². The van der Waals surface area contributed by atoms with Crippen LogP contribution < -0.4 is 4.74 Å². The van der Waals surface area contributed by atoms with Gasteiger partial charge < -0.3 is 9.47 Å². The van der Waals surface area contributed by atoms with Gasteiger partial charge in [-0.25, -0.2) is 0 Å². The minimum absolute atomic E-state index is 0.0406. The Morgan fingerprint density at radius 3 is 2.45 bits per heavy atom. The van der Waals surface area contributed by atoms with E-state index in [1.807, 2.05) is 0 Å². The van der Waals surface area contributed by atoms with Crippen LogP contribution in [0.15, 0.2) is 47.5 Å². The van der Waals surface area contributed by atoms with Crippen LogP contribution in [0.25, 0.3) is 0 Å². The number of hydrogen-bond acceptors (Lipinski definition) is 5. The molecule has 2 rings (SSSR count). The Morgan fingerprint density at radius 2 is 1.86 bits per heavy atom. The molecule has 0 saturated carbocycles. The lowest BCUT2D eigenvalue weighted by Crippen LogP contribution is -2.10. The fourth-order valence-electron chi connectivity index (χ4n) is 1.52. The van der Waals surface area contributed by atoms with Crippen LogP contribution in [0.5, 0.6) is 5.75 Å². The SMILES string of the molecule is COC(=Nc1cc(Cl)ccc1Cl)Oc1ccc([N+](=O)[O-])cc1. The molecule has 6 nitrogen and oxygen atoms in total. The van der Waals surface area contributed by atoms with E-state index < -0.39 is 4.92 Å². The third-order valence-electron chi connectivity index (χ3n) is 2.55. The molecule has 2 aromatic carbocycles. The Morgan fingerprint density at radius 1 is 1.18 bits per heavy atom. The molecule has 0 spiro atoms. The van der Waals surface area contributed by atoms with Crippen molar-refractivity contribution in [2.75, 3.05) is 7.11 Å². The standard InChI is InChI=1S/C14H10Cl2N2O4/c1-21-14(17-13-8-9(15)2-7-12(13)16)22-11-5-3-10(4-6-11)18(19)20/h2-8H,1H3. The lowest BCUT2D eigenvalue weighted by Gasteiger charge is -2.07. The molecular formula is C14H10Cl2N2O4. The first kappa shape index (κ1) is 16.1. The second kappa shape index (κ2) is 7.11. The van der Waals surface area contributed by atoms with Gasteiger partial charge in [-0.2, -0.15) is 4.99 Å². The molecule has 0 fully saturated rings. The van der Waals surface area contributed by atoms with Crippen LogP contribution in [-0.4, -0.2) is 18.1 Å². The van der Waals surface area contributed by atoms with Crippen molar-refractivity contribution in [3.63, 3.8) is 0 Å². The summed E-state index contributed by atoms with van der Waals surface area (Å²) >= 11 is 11.9. The lowest BCUT2D eigenvalue weighted by molar-refractivity contribution is -0.384. The van der Waals surface area contributed by atoms with Gasteiger partial charge in [0.1, 0.15) is 5.75 Å². The van der Waals surface area contributed by atoms with E-state index in [2.05, 4.69) is 4.99 Å². The summed E-state index contributed by atoms with van der Waals surface area (Å²) in [6.07, 6.45) is -0.0713. The van der Waals surface area contributed by atoms with Gasteiger partial charge in [0.2, 0.25) is 0 Å². The highest BCUT2D eigenvalue weighted by Crippen LogP contribution is 2.28. The summed E-state index contributed by atoms with van der Waals surface area (Å²) in [4.78, 5) is 14.2. The Labute approximate surface area is 136 Å². The molecule has 0 atom stereocenters. The van der Waals surface area contributed by atoms with Crippen molar-refractivity contribution in [1.82, 2.24) is 0 Å². The van der Waals surface area contributed by atoms with Gasteiger partial charge in [-0.05, 0) is 30.3 Å². The molecule has 0 unspecified atom stereocenters. The Hall–Kier alpha value is -2.31. The molecule has 22 heavy (non-hydrogen) atoms. The molecule has 0 N–H and O–H groups in total. The number of rotatable bonds is 3. The fraction of sp³-hybridized carbons (Fsp3) is 0.0714. The average molecular weight is 341 g/mol. The van der Waals surface area contributed by atoms with Crippen molar-refractivity contribution in [1.29, 1.82) is 0 Å². The van der Waals surface area contributed by atoms with E-state index >= 15 is 0 Å².